The van der Waals surface area contributed by atoms with Gasteiger partial charge in [0.25, 0.3) is 0 Å². The third-order valence-corrected chi connectivity index (χ3v) is 3.51. The minimum atomic E-state index is -0.396. The first-order chi connectivity index (χ1) is 9.20. The Morgan fingerprint density at radius 1 is 1.53 bits per heavy atom. The Kier molecular flexibility index (Phi) is 5.04. The largest absolute Gasteiger partial charge is 0.486 e. The molecule has 0 atom stereocenters. The lowest BCUT2D eigenvalue weighted by Gasteiger charge is -2.09. The first kappa shape index (κ1) is 14.1. The highest BCUT2D eigenvalue weighted by Crippen LogP contribution is 2.28. The maximum Gasteiger partial charge on any atom is 0.310 e. The predicted octanol–water partition coefficient (Wildman–Crippen LogP) is 2.59. The second-order valence-electron chi connectivity index (χ2n) is 4.56. The molecule has 2 rings (SSSR count). The van der Waals surface area contributed by atoms with Crippen LogP contribution in [-0.4, -0.2) is 29.6 Å². The summed E-state index contributed by atoms with van der Waals surface area (Å²) in [5.41, 5.74) is 1.06. The fourth-order valence-electron chi connectivity index (χ4n) is 1.72. The van der Waals surface area contributed by atoms with Crippen LogP contribution >= 0.6 is 11.8 Å². The van der Waals surface area contributed by atoms with Crippen molar-refractivity contribution in [3.05, 3.63) is 33.9 Å². The molecule has 0 amide bonds. The summed E-state index contributed by atoms with van der Waals surface area (Å²) in [5, 5.41) is 14.3. The highest BCUT2D eigenvalue weighted by Gasteiger charge is 2.21. The molecule has 104 valence electrons. The lowest BCUT2D eigenvalue weighted by molar-refractivity contribution is -0.385. The van der Waals surface area contributed by atoms with Crippen molar-refractivity contribution in [1.29, 1.82) is 0 Å². The molecule has 0 bridgehead atoms. The second kappa shape index (κ2) is 6.77. The van der Waals surface area contributed by atoms with Crippen molar-refractivity contribution in [1.82, 2.24) is 5.32 Å². The summed E-state index contributed by atoms with van der Waals surface area (Å²) in [6.45, 7) is 1.23. The molecule has 6 heteroatoms. The van der Waals surface area contributed by atoms with E-state index in [2.05, 4.69) is 5.32 Å². The van der Waals surface area contributed by atoms with Crippen molar-refractivity contribution >= 4 is 17.4 Å². The van der Waals surface area contributed by atoms with E-state index in [1.54, 1.807) is 23.9 Å². The Bertz CT molecular complexity index is 450. The van der Waals surface area contributed by atoms with E-state index in [1.807, 2.05) is 6.26 Å². The molecule has 0 aromatic heterocycles. The van der Waals surface area contributed by atoms with Gasteiger partial charge in [0.15, 0.2) is 5.75 Å². The Balaban J connectivity index is 2.04. The van der Waals surface area contributed by atoms with Crippen LogP contribution in [0, 0.1) is 10.1 Å². The maximum atomic E-state index is 10.9. The molecule has 1 aliphatic rings. The number of nitro groups is 1. The van der Waals surface area contributed by atoms with Crippen LogP contribution in [0.3, 0.4) is 0 Å². The van der Waals surface area contributed by atoms with Gasteiger partial charge in [-0.15, -0.1) is 0 Å². The van der Waals surface area contributed by atoms with Crippen LogP contribution in [0.15, 0.2) is 18.2 Å². The van der Waals surface area contributed by atoms with Crippen molar-refractivity contribution in [2.24, 2.45) is 0 Å². The number of thioether (sulfide) groups is 1. The van der Waals surface area contributed by atoms with Gasteiger partial charge in [0.05, 0.1) is 11.5 Å². The molecule has 1 aromatic carbocycles. The standard InChI is InChI=1S/C13H18N2O3S/c1-19-7-6-18-13-8-10(9-14-11-3-4-11)2-5-12(13)15(16)17/h2,5,8,11,14H,3-4,6-7,9H2,1H3. The Morgan fingerprint density at radius 2 is 2.32 bits per heavy atom. The van der Waals surface area contributed by atoms with Crippen LogP contribution < -0.4 is 10.1 Å². The van der Waals surface area contributed by atoms with Gasteiger partial charge in [0, 0.05) is 24.4 Å². The van der Waals surface area contributed by atoms with Gasteiger partial charge in [-0.05, 0) is 30.7 Å². The van der Waals surface area contributed by atoms with Gasteiger partial charge in [-0.1, -0.05) is 6.07 Å². The summed E-state index contributed by atoms with van der Waals surface area (Å²) >= 11 is 1.65. The number of benzene rings is 1. The van der Waals surface area contributed by atoms with Gasteiger partial charge in [0.1, 0.15) is 0 Å². The van der Waals surface area contributed by atoms with Crippen LogP contribution in [0.4, 0.5) is 5.69 Å². The topological polar surface area (TPSA) is 64.4 Å². The molecule has 19 heavy (non-hydrogen) atoms. The molecule has 1 N–H and O–H groups in total. The zero-order valence-corrected chi connectivity index (χ0v) is 11.7. The van der Waals surface area contributed by atoms with Crippen molar-refractivity contribution in [2.75, 3.05) is 18.6 Å². The van der Waals surface area contributed by atoms with Crippen LogP contribution in [-0.2, 0) is 6.54 Å². The molecule has 0 radical (unpaired) electrons. The van der Waals surface area contributed by atoms with E-state index >= 15 is 0 Å². The summed E-state index contributed by atoms with van der Waals surface area (Å²) in [6.07, 6.45) is 4.43. The van der Waals surface area contributed by atoms with Crippen molar-refractivity contribution in [3.63, 3.8) is 0 Å². The van der Waals surface area contributed by atoms with E-state index in [0.29, 0.717) is 18.4 Å². The summed E-state index contributed by atoms with van der Waals surface area (Å²) in [7, 11) is 0. The predicted molar refractivity (Wildman–Crippen MR) is 76.8 cm³/mol. The molecule has 0 saturated heterocycles. The number of nitro benzene ring substituents is 1. The Morgan fingerprint density at radius 3 is 2.95 bits per heavy atom. The zero-order valence-electron chi connectivity index (χ0n) is 10.9. The molecule has 1 saturated carbocycles. The molecule has 1 aromatic rings. The van der Waals surface area contributed by atoms with Crippen LogP contribution in [0.25, 0.3) is 0 Å². The minimum Gasteiger partial charge on any atom is -0.486 e. The summed E-state index contributed by atoms with van der Waals surface area (Å²) in [6, 6.07) is 5.71. The number of hydrogen-bond donors (Lipinski definition) is 1. The molecule has 1 fully saturated rings. The number of rotatable bonds is 8. The average molecular weight is 282 g/mol. The first-order valence-corrected chi connectivity index (χ1v) is 7.72. The summed E-state index contributed by atoms with van der Waals surface area (Å²) in [4.78, 5) is 10.6. The second-order valence-corrected chi connectivity index (χ2v) is 5.54. The molecule has 0 spiro atoms. The van der Waals surface area contributed by atoms with E-state index in [0.717, 1.165) is 17.9 Å². The van der Waals surface area contributed by atoms with E-state index in [1.165, 1.54) is 18.9 Å². The van der Waals surface area contributed by atoms with E-state index in [9.17, 15) is 10.1 Å². The molecule has 0 aliphatic heterocycles. The quantitative estimate of drug-likeness (QED) is 0.451. The highest BCUT2D eigenvalue weighted by atomic mass is 32.2. The van der Waals surface area contributed by atoms with Gasteiger partial charge < -0.3 is 10.1 Å². The molecule has 1 aliphatic carbocycles. The molecule has 0 heterocycles. The van der Waals surface area contributed by atoms with Gasteiger partial charge in [-0.25, -0.2) is 0 Å². The third kappa shape index (κ3) is 4.40. The molecule has 5 nitrogen and oxygen atoms in total. The van der Waals surface area contributed by atoms with Crippen LogP contribution in [0.2, 0.25) is 0 Å². The van der Waals surface area contributed by atoms with Crippen molar-refractivity contribution < 1.29 is 9.66 Å². The number of ether oxygens (including phenoxy) is 1. The van der Waals surface area contributed by atoms with Crippen molar-refractivity contribution in [2.45, 2.75) is 25.4 Å². The fourth-order valence-corrected chi connectivity index (χ4v) is 1.97. The third-order valence-electron chi connectivity index (χ3n) is 2.94. The van der Waals surface area contributed by atoms with Gasteiger partial charge in [0.2, 0.25) is 0 Å². The smallest absolute Gasteiger partial charge is 0.310 e. The fraction of sp³-hybridized carbons (Fsp3) is 0.538. The first-order valence-electron chi connectivity index (χ1n) is 6.33. The zero-order chi connectivity index (χ0) is 13.7. The Labute approximate surface area is 116 Å². The number of nitrogens with one attached hydrogen (secondary N) is 1. The van der Waals surface area contributed by atoms with Gasteiger partial charge in [-0.2, -0.15) is 11.8 Å². The number of hydrogen-bond acceptors (Lipinski definition) is 5. The van der Waals surface area contributed by atoms with Gasteiger partial charge >= 0.3 is 5.69 Å². The maximum absolute atomic E-state index is 10.9. The van der Waals surface area contributed by atoms with E-state index in [-0.39, 0.29) is 5.69 Å². The van der Waals surface area contributed by atoms with E-state index in [4.69, 9.17) is 4.74 Å². The minimum absolute atomic E-state index is 0.0382. The lowest BCUT2D eigenvalue weighted by Crippen LogP contribution is -2.15. The normalized spacial score (nSPS) is 14.4. The SMILES string of the molecule is CSCCOc1cc(CNC2CC2)ccc1[N+](=O)[O-]. The van der Waals surface area contributed by atoms with Crippen molar-refractivity contribution in [3.8, 4) is 5.75 Å². The summed E-state index contributed by atoms with van der Waals surface area (Å²) < 4.78 is 5.51. The molecule has 0 unspecified atom stereocenters. The van der Waals surface area contributed by atoms with Crippen LogP contribution in [0.1, 0.15) is 18.4 Å². The molecular formula is C13H18N2O3S. The van der Waals surface area contributed by atoms with Crippen LogP contribution in [0.5, 0.6) is 5.75 Å². The number of nitrogens with zero attached hydrogens (tertiary/aromatic N) is 1. The molecular weight excluding hydrogens is 264 g/mol. The Hall–Kier alpha value is -1.27. The highest BCUT2D eigenvalue weighted by molar-refractivity contribution is 7.98. The lowest BCUT2D eigenvalue weighted by atomic mass is 10.2. The average Bonchev–Trinajstić information content (AvgIpc) is 3.20. The van der Waals surface area contributed by atoms with E-state index < -0.39 is 4.92 Å². The summed E-state index contributed by atoms with van der Waals surface area (Å²) in [5.74, 6) is 1.19. The monoisotopic (exact) mass is 282 g/mol. The van der Waals surface area contributed by atoms with Gasteiger partial charge in [-0.3, -0.25) is 10.1 Å².